The van der Waals surface area contributed by atoms with Crippen molar-refractivity contribution in [2.24, 2.45) is 0 Å². The van der Waals surface area contributed by atoms with E-state index in [4.69, 9.17) is 0 Å². The number of nitriles is 1. The van der Waals surface area contributed by atoms with E-state index in [1.54, 1.807) is 6.20 Å². The highest BCUT2D eigenvalue weighted by atomic mass is 16.3. The number of piperidine rings is 2. The van der Waals surface area contributed by atoms with Crippen LogP contribution in [0.4, 0.5) is 0 Å². The minimum atomic E-state index is -0.887. The molecule has 2 fully saturated rings. The number of rotatable bonds is 1. The minimum absolute atomic E-state index is 0.368. The van der Waals surface area contributed by atoms with Crippen molar-refractivity contribution in [3.8, 4) is 6.07 Å². The molecule has 0 aliphatic carbocycles. The lowest BCUT2D eigenvalue weighted by molar-refractivity contribution is -0.0877. The van der Waals surface area contributed by atoms with E-state index in [1.165, 1.54) is 6.42 Å². The molecule has 19 heavy (non-hydrogen) atoms. The van der Waals surface area contributed by atoms with Gasteiger partial charge in [0.25, 0.3) is 0 Å². The number of pyridine rings is 1. The third kappa shape index (κ3) is 2.03. The van der Waals surface area contributed by atoms with Gasteiger partial charge in [-0.2, -0.15) is 5.26 Å². The molecule has 1 aromatic rings. The van der Waals surface area contributed by atoms with Crippen LogP contribution < -0.4 is 0 Å². The highest BCUT2D eigenvalue weighted by Gasteiger charge is 2.45. The van der Waals surface area contributed by atoms with Gasteiger partial charge in [0.05, 0.1) is 5.60 Å². The standard InChI is InChI=1S/C15H19N3O/c1-18-11-4-2-5-12(18)9-15(19,8-11)13-6-3-7-17-14(13)10-16/h3,6-7,11-12,19H,2,4-5,8-9H2,1H3. The van der Waals surface area contributed by atoms with Crippen LogP contribution in [0.15, 0.2) is 18.3 Å². The second kappa shape index (κ2) is 4.59. The molecule has 0 amide bonds. The van der Waals surface area contributed by atoms with Crippen LogP contribution in [0.3, 0.4) is 0 Å². The van der Waals surface area contributed by atoms with E-state index < -0.39 is 5.60 Å². The van der Waals surface area contributed by atoms with Crippen molar-refractivity contribution in [1.29, 1.82) is 5.26 Å². The van der Waals surface area contributed by atoms with Crippen molar-refractivity contribution < 1.29 is 5.11 Å². The summed E-state index contributed by atoms with van der Waals surface area (Å²) in [7, 11) is 2.16. The molecule has 2 aliphatic rings. The Balaban J connectivity index is 1.98. The van der Waals surface area contributed by atoms with Crippen molar-refractivity contribution in [2.75, 3.05) is 7.05 Å². The maximum Gasteiger partial charge on any atom is 0.146 e. The molecule has 1 N–H and O–H groups in total. The van der Waals surface area contributed by atoms with Gasteiger partial charge in [0.15, 0.2) is 0 Å². The first-order valence-corrected chi connectivity index (χ1v) is 6.94. The molecule has 0 saturated carbocycles. The average molecular weight is 257 g/mol. The van der Waals surface area contributed by atoms with Gasteiger partial charge in [0.2, 0.25) is 0 Å². The summed E-state index contributed by atoms with van der Waals surface area (Å²) in [4.78, 5) is 6.50. The zero-order valence-electron chi connectivity index (χ0n) is 11.2. The summed E-state index contributed by atoms with van der Waals surface area (Å²) in [5, 5.41) is 20.2. The molecule has 2 aliphatic heterocycles. The summed E-state index contributed by atoms with van der Waals surface area (Å²) in [5.74, 6) is 0. The smallest absolute Gasteiger partial charge is 0.146 e. The van der Waals surface area contributed by atoms with E-state index in [0.29, 0.717) is 36.2 Å². The SMILES string of the molecule is CN1C2CCCC1CC(O)(c1cccnc1C#N)C2. The Morgan fingerprint density at radius 3 is 2.74 bits per heavy atom. The molecule has 4 nitrogen and oxygen atoms in total. The molecular formula is C15H19N3O. The lowest BCUT2D eigenvalue weighted by Crippen LogP contribution is -2.55. The number of aliphatic hydroxyl groups is 1. The van der Waals surface area contributed by atoms with Gasteiger partial charge < -0.3 is 10.0 Å². The molecule has 0 aromatic carbocycles. The fraction of sp³-hybridized carbons (Fsp3) is 0.600. The molecule has 0 radical (unpaired) electrons. The fourth-order valence-electron chi connectivity index (χ4n) is 3.74. The Labute approximate surface area is 113 Å². The second-order valence-corrected chi connectivity index (χ2v) is 5.86. The zero-order chi connectivity index (χ0) is 13.5. The zero-order valence-corrected chi connectivity index (χ0v) is 11.2. The minimum Gasteiger partial charge on any atom is -0.385 e. The molecule has 2 saturated heterocycles. The van der Waals surface area contributed by atoms with E-state index in [0.717, 1.165) is 12.8 Å². The highest BCUT2D eigenvalue weighted by Crippen LogP contribution is 2.43. The predicted octanol–water partition coefficient (Wildman–Crippen LogP) is 1.79. The van der Waals surface area contributed by atoms with Crippen molar-refractivity contribution in [3.05, 3.63) is 29.6 Å². The van der Waals surface area contributed by atoms with Gasteiger partial charge in [-0.1, -0.05) is 12.5 Å². The summed E-state index contributed by atoms with van der Waals surface area (Å²) in [6, 6.07) is 6.61. The normalized spacial score (nSPS) is 34.8. The summed E-state index contributed by atoms with van der Waals surface area (Å²) in [6.45, 7) is 0. The lowest BCUT2D eigenvalue weighted by Gasteiger charge is -2.50. The van der Waals surface area contributed by atoms with Crippen molar-refractivity contribution in [2.45, 2.75) is 49.8 Å². The van der Waals surface area contributed by atoms with Crippen molar-refractivity contribution in [3.63, 3.8) is 0 Å². The maximum absolute atomic E-state index is 11.1. The largest absolute Gasteiger partial charge is 0.385 e. The Bertz CT molecular complexity index is 508. The number of hydrogen-bond donors (Lipinski definition) is 1. The van der Waals surface area contributed by atoms with Crippen molar-refractivity contribution >= 4 is 0 Å². The maximum atomic E-state index is 11.1. The van der Waals surface area contributed by atoms with Crippen LogP contribution in [0.2, 0.25) is 0 Å². The topological polar surface area (TPSA) is 60.1 Å². The van der Waals surface area contributed by atoms with Crippen molar-refractivity contribution in [1.82, 2.24) is 9.88 Å². The van der Waals surface area contributed by atoms with Gasteiger partial charge in [-0.05, 0) is 38.8 Å². The van der Waals surface area contributed by atoms with Gasteiger partial charge in [0.1, 0.15) is 11.8 Å². The van der Waals surface area contributed by atoms with E-state index in [2.05, 4.69) is 23.0 Å². The summed E-state index contributed by atoms with van der Waals surface area (Å²) in [6.07, 6.45) is 6.55. The molecule has 1 aromatic heterocycles. The Morgan fingerprint density at radius 2 is 2.11 bits per heavy atom. The van der Waals surface area contributed by atoms with Gasteiger partial charge in [-0.3, -0.25) is 0 Å². The summed E-state index contributed by atoms with van der Waals surface area (Å²) < 4.78 is 0. The molecule has 3 heterocycles. The molecule has 3 rings (SSSR count). The molecular weight excluding hydrogens is 238 g/mol. The van der Waals surface area contributed by atoms with E-state index in [1.807, 2.05) is 12.1 Å². The molecule has 2 unspecified atom stereocenters. The third-order valence-corrected chi connectivity index (χ3v) is 4.79. The van der Waals surface area contributed by atoms with Gasteiger partial charge in [-0.25, -0.2) is 4.98 Å². The van der Waals surface area contributed by atoms with Gasteiger partial charge in [-0.15, -0.1) is 0 Å². The number of hydrogen-bond acceptors (Lipinski definition) is 4. The average Bonchev–Trinajstić information content (AvgIpc) is 2.41. The van der Waals surface area contributed by atoms with Crippen LogP contribution >= 0.6 is 0 Å². The molecule has 0 spiro atoms. The van der Waals surface area contributed by atoms with E-state index >= 15 is 0 Å². The molecule has 2 bridgehead atoms. The Kier molecular flexibility index (Phi) is 3.04. The monoisotopic (exact) mass is 257 g/mol. The molecule has 2 atom stereocenters. The lowest BCUT2D eigenvalue weighted by atomic mass is 9.72. The number of nitrogens with zero attached hydrogens (tertiary/aromatic N) is 3. The van der Waals surface area contributed by atoms with Gasteiger partial charge in [0, 0.05) is 23.8 Å². The highest BCUT2D eigenvalue weighted by molar-refractivity contribution is 5.36. The van der Waals surface area contributed by atoms with E-state index in [-0.39, 0.29) is 0 Å². The summed E-state index contributed by atoms with van der Waals surface area (Å²) >= 11 is 0. The van der Waals surface area contributed by atoms with Crippen LogP contribution in [-0.2, 0) is 5.60 Å². The van der Waals surface area contributed by atoms with Crippen LogP contribution in [0.1, 0.15) is 43.4 Å². The molecule has 4 heteroatoms. The number of fused-ring (bicyclic) bond motifs is 2. The Morgan fingerprint density at radius 1 is 1.42 bits per heavy atom. The Hall–Kier alpha value is -1.44. The first-order chi connectivity index (χ1) is 9.14. The molecule has 100 valence electrons. The first-order valence-electron chi connectivity index (χ1n) is 6.94. The third-order valence-electron chi connectivity index (χ3n) is 4.79. The quantitative estimate of drug-likeness (QED) is 0.833. The van der Waals surface area contributed by atoms with Crippen LogP contribution in [-0.4, -0.2) is 34.1 Å². The summed E-state index contributed by atoms with van der Waals surface area (Å²) in [5.41, 5.74) is 0.192. The van der Waals surface area contributed by atoms with Crippen LogP contribution in [0, 0.1) is 11.3 Å². The number of aromatic nitrogens is 1. The van der Waals surface area contributed by atoms with Crippen LogP contribution in [0.25, 0.3) is 0 Å². The van der Waals surface area contributed by atoms with E-state index in [9.17, 15) is 10.4 Å². The second-order valence-electron chi connectivity index (χ2n) is 5.86. The predicted molar refractivity (Wildman–Crippen MR) is 71.3 cm³/mol. The first kappa shape index (κ1) is 12.6. The van der Waals surface area contributed by atoms with Gasteiger partial charge >= 0.3 is 0 Å². The fourth-order valence-corrected chi connectivity index (χ4v) is 3.74. The van der Waals surface area contributed by atoms with Crippen LogP contribution in [0.5, 0.6) is 0 Å².